The van der Waals surface area contributed by atoms with Gasteiger partial charge in [0, 0.05) is 45.5 Å². The van der Waals surface area contributed by atoms with Crippen LogP contribution in [0.5, 0.6) is 0 Å². The summed E-state index contributed by atoms with van der Waals surface area (Å²) in [7, 11) is -0.555. The van der Waals surface area contributed by atoms with Crippen molar-refractivity contribution in [3.05, 3.63) is 23.8 Å². The molecule has 0 spiro atoms. The highest BCUT2D eigenvalue weighted by molar-refractivity contribution is 7.89. The van der Waals surface area contributed by atoms with Gasteiger partial charge < -0.3 is 10.6 Å². The first-order chi connectivity index (χ1) is 11.2. The average molecular weight is 354 g/mol. The molecule has 8 heteroatoms. The Balaban J connectivity index is 2.11. The molecule has 134 valence electrons. The minimum absolute atomic E-state index is 0.138. The molecule has 0 radical (unpaired) electrons. The van der Waals surface area contributed by atoms with Crippen LogP contribution in [0.4, 0.5) is 5.69 Å². The number of benzene rings is 1. The molecule has 0 aromatic heterocycles. The number of anilines is 1. The SMILES string of the molecule is Cc1ccc(NC(=O)CN2CCNC[C@@H]2C)cc1S(=O)(=O)N(C)C. The van der Waals surface area contributed by atoms with Crippen LogP contribution in [0.3, 0.4) is 0 Å². The summed E-state index contributed by atoms with van der Waals surface area (Å²) in [5, 5.41) is 6.09. The summed E-state index contributed by atoms with van der Waals surface area (Å²) >= 11 is 0. The Labute approximate surface area is 144 Å². The normalized spacial score (nSPS) is 19.5. The second-order valence-corrected chi connectivity index (χ2v) is 8.46. The van der Waals surface area contributed by atoms with Gasteiger partial charge in [-0.15, -0.1) is 0 Å². The molecule has 7 nitrogen and oxygen atoms in total. The zero-order chi connectivity index (χ0) is 17.9. The molecule has 1 aliphatic rings. The zero-order valence-electron chi connectivity index (χ0n) is 14.7. The molecule has 1 aliphatic heterocycles. The van der Waals surface area contributed by atoms with Crippen LogP contribution in [0.25, 0.3) is 0 Å². The van der Waals surface area contributed by atoms with Crippen molar-refractivity contribution in [1.82, 2.24) is 14.5 Å². The van der Waals surface area contributed by atoms with Gasteiger partial charge in [-0.05, 0) is 31.5 Å². The molecule has 1 saturated heterocycles. The Hall–Kier alpha value is -1.48. The van der Waals surface area contributed by atoms with E-state index in [1.807, 2.05) is 0 Å². The van der Waals surface area contributed by atoms with Gasteiger partial charge in [0.1, 0.15) is 0 Å². The fraction of sp³-hybridized carbons (Fsp3) is 0.562. The van der Waals surface area contributed by atoms with Crippen LogP contribution in [-0.4, -0.2) is 69.8 Å². The van der Waals surface area contributed by atoms with E-state index in [1.54, 1.807) is 19.1 Å². The predicted octanol–water partition coefficient (Wildman–Crippen LogP) is 0.478. The van der Waals surface area contributed by atoms with Gasteiger partial charge in [-0.1, -0.05) is 6.07 Å². The summed E-state index contributed by atoms with van der Waals surface area (Å²) in [5.41, 5.74) is 1.14. The molecule has 1 aromatic rings. The van der Waals surface area contributed by atoms with E-state index in [2.05, 4.69) is 22.5 Å². The van der Waals surface area contributed by atoms with Crippen molar-refractivity contribution in [1.29, 1.82) is 0 Å². The van der Waals surface area contributed by atoms with Crippen molar-refractivity contribution in [2.24, 2.45) is 0 Å². The van der Waals surface area contributed by atoms with Crippen LogP contribution in [0.1, 0.15) is 12.5 Å². The molecule has 2 rings (SSSR count). The quantitative estimate of drug-likeness (QED) is 0.804. The molecular formula is C16H26N4O3S. The summed E-state index contributed by atoms with van der Waals surface area (Å²) in [6.45, 7) is 6.67. The Morgan fingerprint density at radius 3 is 2.75 bits per heavy atom. The van der Waals surface area contributed by atoms with Crippen LogP contribution in [0, 0.1) is 6.92 Å². The Morgan fingerprint density at radius 2 is 2.12 bits per heavy atom. The number of carbonyl (C=O) groups excluding carboxylic acids is 1. The highest BCUT2D eigenvalue weighted by Crippen LogP contribution is 2.22. The number of piperazine rings is 1. The van der Waals surface area contributed by atoms with E-state index in [-0.39, 0.29) is 10.8 Å². The highest BCUT2D eigenvalue weighted by Gasteiger charge is 2.22. The summed E-state index contributed by atoms with van der Waals surface area (Å²) in [6, 6.07) is 5.25. The molecule has 0 aliphatic carbocycles. The summed E-state index contributed by atoms with van der Waals surface area (Å²) in [5.74, 6) is -0.138. The number of rotatable bonds is 5. The van der Waals surface area contributed by atoms with E-state index < -0.39 is 10.0 Å². The van der Waals surface area contributed by atoms with E-state index in [4.69, 9.17) is 0 Å². The molecule has 24 heavy (non-hydrogen) atoms. The minimum Gasteiger partial charge on any atom is -0.325 e. The molecule has 0 bridgehead atoms. The second-order valence-electron chi connectivity index (χ2n) is 6.34. The van der Waals surface area contributed by atoms with Crippen LogP contribution in [-0.2, 0) is 14.8 Å². The lowest BCUT2D eigenvalue weighted by atomic mass is 10.2. The summed E-state index contributed by atoms with van der Waals surface area (Å²) < 4.78 is 25.9. The lowest BCUT2D eigenvalue weighted by Gasteiger charge is -2.33. The van der Waals surface area contributed by atoms with E-state index in [0.29, 0.717) is 23.8 Å². The van der Waals surface area contributed by atoms with Crippen molar-refractivity contribution in [3.8, 4) is 0 Å². The van der Waals surface area contributed by atoms with Crippen molar-refractivity contribution in [2.75, 3.05) is 45.6 Å². The minimum atomic E-state index is -3.54. The number of nitrogens with zero attached hydrogens (tertiary/aromatic N) is 2. The molecule has 1 fully saturated rings. The summed E-state index contributed by atoms with van der Waals surface area (Å²) in [4.78, 5) is 14.6. The van der Waals surface area contributed by atoms with Crippen LogP contribution in [0.15, 0.2) is 23.1 Å². The molecule has 1 atom stereocenters. The second kappa shape index (κ2) is 7.60. The topological polar surface area (TPSA) is 81.8 Å². The average Bonchev–Trinajstić information content (AvgIpc) is 2.51. The first-order valence-electron chi connectivity index (χ1n) is 7.99. The van der Waals surface area contributed by atoms with Gasteiger partial charge >= 0.3 is 0 Å². The standard InChI is InChI=1S/C16H26N4O3S/c1-12-5-6-14(9-15(12)24(22,23)19(3)4)18-16(21)11-20-8-7-17-10-13(20)2/h5-6,9,13,17H,7-8,10-11H2,1-4H3,(H,18,21)/t13-/m0/s1. The fourth-order valence-corrected chi connectivity index (χ4v) is 3.80. The van der Waals surface area contributed by atoms with Gasteiger partial charge in [-0.25, -0.2) is 12.7 Å². The van der Waals surface area contributed by atoms with Gasteiger partial charge in [0.25, 0.3) is 0 Å². The lowest BCUT2D eigenvalue weighted by molar-refractivity contribution is -0.118. The predicted molar refractivity (Wildman–Crippen MR) is 94.6 cm³/mol. The molecule has 1 aromatic carbocycles. The number of sulfonamides is 1. The van der Waals surface area contributed by atoms with E-state index in [0.717, 1.165) is 19.6 Å². The Morgan fingerprint density at radius 1 is 1.42 bits per heavy atom. The van der Waals surface area contributed by atoms with E-state index in [1.165, 1.54) is 24.5 Å². The number of carbonyl (C=O) groups is 1. The maximum Gasteiger partial charge on any atom is 0.242 e. The fourth-order valence-electron chi connectivity index (χ4n) is 2.66. The van der Waals surface area contributed by atoms with Crippen LogP contribution >= 0.6 is 0 Å². The van der Waals surface area contributed by atoms with Gasteiger partial charge in [-0.3, -0.25) is 9.69 Å². The Bertz CT molecular complexity index is 703. The molecule has 2 N–H and O–H groups in total. The number of hydrogen-bond acceptors (Lipinski definition) is 5. The maximum absolute atomic E-state index is 12.3. The third-order valence-electron chi connectivity index (χ3n) is 4.22. The van der Waals surface area contributed by atoms with Gasteiger partial charge in [0.05, 0.1) is 11.4 Å². The molecular weight excluding hydrogens is 328 g/mol. The first kappa shape index (κ1) is 18.9. The molecule has 1 heterocycles. The molecule has 1 amide bonds. The van der Waals surface area contributed by atoms with Gasteiger partial charge in [0.15, 0.2) is 0 Å². The third-order valence-corrected chi connectivity index (χ3v) is 6.17. The van der Waals surface area contributed by atoms with Crippen molar-refractivity contribution in [3.63, 3.8) is 0 Å². The highest BCUT2D eigenvalue weighted by atomic mass is 32.2. The van der Waals surface area contributed by atoms with Crippen LogP contribution in [0.2, 0.25) is 0 Å². The van der Waals surface area contributed by atoms with Crippen molar-refractivity contribution >= 4 is 21.6 Å². The number of amides is 1. The number of aryl methyl sites for hydroxylation is 1. The van der Waals surface area contributed by atoms with Gasteiger partial charge in [0.2, 0.25) is 15.9 Å². The molecule has 0 saturated carbocycles. The molecule has 0 unspecified atom stereocenters. The lowest BCUT2D eigenvalue weighted by Crippen LogP contribution is -2.51. The zero-order valence-corrected chi connectivity index (χ0v) is 15.5. The van der Waals surface area contributed by atoms with Gasteiger partial charge in [-0.2, -0.15) is 0 Å². The summed E-state index contributed by atoms with van der Waals surface area (Å²) in [6.07, 6.45) is 0. The van der Waals surface area contributed by atoms with Crippen molar-refractivity contribution in [2.45, 2.75) is 24.8 Å². The Kier molecular flexibility index (Phi) is 5.97. The number of nitrogens with one attached hydrogen (secondary N) is 2. The first-order valence-corrected chi connectivity index (χ1v) is 9.43. The largest absolute Gasteiger partial charge is 0.325 e. The van der Waals surface area contributed by atoms with E-state index in [9.17, 15) is 13.2 Å². The van der Waals surface area contributed by atoms with E-state index >= 15 is 0 Å². The van der Waals surface area contributed by atoms with Crippen molar-refractivity contribution < 1.29 is 13.2 Å². The third kappa shape index (κ3) is 4.32. The monoisotopic (exact) mass is 354 g/mol. The smallest absolute Gasteiger partial charge is 0.242 e. The number of hydrogen-bond donors (Lipinski definition) is 2. The van der Waals surface area contributed by atoms with Crippen LogP contribution < -0.4 is 10.6 Å². The maximum atomic E-state index is 12.3.